The number of methoxy groups -OCH3 is 1. The van der Waals surface area contributed by atoms with E-state index >= 15 is 0 Å². The van der Waals surface area contributed by atoms with Gasteiger partial charge in [-0.05, 0) is 0 Å². The van der Waals surface area contributed by atoms with Crippen LogP contribution in [0.2, 0.25) is 5.15 Å². The third kappa shape index (κ3) is 2.67. The topological polar surface area (TPSA) is 72.6 Å². The summed E-state index contributed by atoms with van der Waals surface area (Å²) in [4.78, 5) is 16.2. The number of hydrogen-bond donors (Lipinski definition) is 1. The lowest BCUT2D eigenvalue weighted by Crippen LogP contribution is -2.06. The van der Waals surface area contributed by atoms with Gasteiger partial charge in [-0.2, -0.15) is 0 Å². The molecule has 0 amide bonds. The lowest BCUT2D eigenvalue weighted by Gasteiger charge is -2.09. The largest absolute Gasteiger partial charge is 0.502 e. The van der Waals surface area contributed by atoms with Gasteiger partial charge in [-0.25, -0.2) is 13.8 Å². The standard InChI is InChI=1S/C16H10ClF2NO4/c1-23-16-11-9(6-10(17)20-16)24-14(13(22)12(11)21)7-2-4-8(5-3-7)15(18)19/h2-6,15,22H,1H3. The van der Waals surface area contributed by atoms with Crippen LogP contribution in [0.25, 0.3) is 22.3 Å². The summed E-state index contributed by atoms with van der Waals surface area (Å²) in [5.41, 5.74) is -0.620. The van der Waals surface area contributed by atoms with E-state index in [0.29, 0.717) is 0 Å². The molecule has 8 heteroatoms. The number of aromatic nitrogens is 1. The van der Waals surface area contributed by atoms with Gasteiger partial charge < -0.3 is 14.3 Å². The highest BCUT2D eigenvalue weighted by molar-refractivity contribution is 6.30. The zero-order valence-electron chi connectivity index (χ0n) is 12.2. The molecule has 0 saturated heterocycles. The van der Waals surface area contributed by atoms with E-state index in [1.165, 1.54) is 37.4 Å². The van der Waals surface area contributed by atoms with Crippen LogP contribution in [-0.4, -0.2) is 17.2 Å². The Kier molecular flexibility index (Phi) is 4.11. The number of rotatable bonds is 3. The molecule has 0 spiro atoms. The third-order valence-corrected chi connectivity index (χ3v) is 3.60. The number of hydrogen-bond acceptors (Lipinski definition) is 5. The first-order chi connectivity index (χ1) is 11.4. The van der Waals surface area contributed by atoms with Crippen molar-refractivity contribution in [1.82, 2.24) is 4.98 Å². The first kappa shape index (κ1) is 16.2. The fraction of sp³-hybridized carbons (Fsp3) is 0.125. The smallest absolute Gasteiger partial charge is 0.263 e. The van der Waals surface area contributed by atoms with Gasteiger partial charge in [0.05, 0.1) is 7.11 Å². The van der Waals surface area contributed by atoms with Crippen molar-refractivity contribution in [1.29, 1.82) is 0 Å². The van der Waals surface area contributed by atoms with Crippen LogP contribution in [0.5, 0.6) is 11.6 Å². The second kappa shape index (κ2) is 6.09. The van der Waals surface area contributed by atoms with Crippen molar-refractivity contribution in [2.75, 3.05) is 7.11 Å². The number of halogens is 3. The molecular weight excluding hydrogens is 344 g/mol. The second-order valence-electron chi connectivity index (χ2n) is 4.86. The van der Waals surface area contributed by atoms with Crippen molar-refractivity contribution in [2.45, 2.75) is 6.43 Å². The highest BCUT2D eigenvalue weighted by atomic mass is 35.5. The zero-order valence-corrected chi connectivity index (χ0v) is 13.0. The van der Waals surface area contributed by atoms with Crippen molar-refractivity contribution in [3.05, 3.63) is 51.3 Å². The van der Waals surface area contributed by atoms with E-state index in [1.807, 2.05) is 0 Å². The molecule has 2 aromatic heterocycles. The first-order valence-corrected chi connectivity index (χ1v) is 7.09. The van der Waals surface area contributed by atoms with Crippen molar-refractivity contribution in [2.24, 2.45) is 0 Å². The van der Waals surface area contributed by atoms with Gasteiger partial charge in [0, 0.05) is 17.2 Å². The minimum atomic E-state index is -2.62. The van der Waals surface area contributed by atoms with E-state index in [0.717, 1.165) is 0 Å². The van der Waals surface area contributed by atoms with Gasteiger partial charge >= 0.3 is 0 Å². The molecule has 0 unspecified atom stereocenters. The van der Waals surface area contributed by atoms with Crippen LogP contribution in [0.4, 0.5) is 8.78 Å². The van der Waals surface area contributed by atoms with E-state index < -0.39 is 17.6 Å². The fourth-order valence-corrected chi connectivity index (χ4v) is 2.44. The van der Waals surface area contributed by atoms with Gasteiger partial charge in [-0.15, -0.1) is 0 Å². The Morgan fingerprint density at radius 1 is 1.29 bits per heavy atom. The van der Waals surface area contributed by atoms with Crippen LogP contribution in [0, 0.1) is 0 Å². The lowest BCUT2D eigenvalue weighted by atomic mass is 10.1. The average molecular weight is 354 g/mol. The summed E-state index contributed by atoms with van der Waals surface area (Å²) in [6, 6.07) is 6.32. The van der Waals surface area contributed by atoms with Gasteiger partial charge in [0.2, 0.25) is 17.1 Å². The average Bonchev–Trinajstić information content (AvgIpc) is 2.57. The van der Waals surface area contributed by atoms with Gasteiger partial charge in [0.1, 0.15) is 16.1 Å². The predicted molar refractivity (Wildman–Crippen MR) is 83.9 cm³/mol. The van der Waals surface area contributed by atoms with Crippen molar-refractivity contribution in [3.8, 4) is 23.0 Å². The highest BCUT2D eigenvalue weighted by Gasteiger charge is 2.20. The van der Waals surface area contributed by atoms with E-state index in [4.69, 9.17) is 20.8 Å². The van der Waals surface area contributed by atoms with Crippen LogP contribution < -0.4 is 10.2 Å². The summed E-state index contributed by atoms with van der Waals surface area (Å²) >= 11 is 5.85. The summed E-state index contributed by atoms with van der Waals surface area (Å²) in [7, 11) is 1.30. The number of aromatic hydroxyl groups is 1. The summed E-state index contributed by atoms with van der Waals surface area (Å²) < 4.78 is 35.8. The van der Waals surface area contributed by atoms with Gasteiger partial charge in [-0.1, -0.05) is 35.9 Å². The normalized spacial score (nSPS) is 11.2. The molecule has 0 atom stereocenters. The molecule has 124 valence electrons. The van der Waals surface area contributed by atoms with Gasteiger partial charge in [-0.3, -0.25) is 4.79 Å². The molecule has 0 aliphatic heterocycles. The van der Waals surface area contributed by atoms with E-state index in [1.54, 1.807) is 0 Å². The fourth-order valence-electron chi connectivity index (χ4n) is 2.26. The molecule has 0 fully saturated rings. The van der Waals surface area contributed by atoms with E-state index in [2.05, 4.69) is 4.98 Å². The van der Waals surface area contributed by atoms with Crippen LogP contribution in [0.3, 0.4) is 0 Å². The van der Waals surface area contributed by atoms with Crippen molar-refractivity contribution >= 4 is 22.6 Å². The van der Waals surface area contributed by atoms with E-state index in [-0.39, 0.29) is 38.9 Å². The maximum absolute atomic E-state index is 12.6. The summed E-state index contributed by atoms with van der Waals surface area (Å²) in [6.45, 7) is 0. The molecule has 24 heavy (non-hydrogen) atoms. The van der Waals surface area contributed by atoms with Crippen molar-refractivity contribution in [3.63, 3.8) is 0 Å². The van der Waals surface area contributed by atoms with Crippen LogP contribution in [-0.2, 0) is 0 Å². The Morgan fingerprint density at radius 3 is 2.54 bits per heavy atom. The highest BCUT2D eigenvalue weighted by Crippen LogP contribution is 2.34. The Morgan fingerprint density at radius 2 is 1.96 bits per heavy atom. The molecule has 1 N–H and O–H groups in total. The molecule has 0 aliphatic carbocycles. The maximum atomic E-state index is 12.6. The van der Waals surface area contributed by atoms with Crippen LogP contribution >= 0.6 is 11.6 Å². The SMILES string of the molecule is COc1nc(Cl)cc2oc(-c3ccc(C(F)F)cc3)c(O)c(=O)c12. The monoisotopic (exact) mass is 353 g/mol. The summed E-state index contributed by atoms with van der Waals surface area (Å²) in [5, 5.41) is 10.1. The van der Waals surface area contributed by atoms with Crippen molar-refractivity contribution < 1.29 is 23.0 Å². The first-order valence-electron chi connectivity index (χ1n) is 6.71. The number of nitrogens with zero attached hydrogens (tertiary/aromatic N) is 1. The molecule has 0 aliphatic rings. The number of benzene rings is 1. The second-order valence-corrected chi connectivity index (χ2v) is 5.25. The van der Waals surface area contributed by atoms with Crippen LogP contribution in [0.1, 0.15) is 12.0 Å². The molecule has 3 rings (SSSR count). The van der Waals surface area contributed by atoms with Gasteiger partial charge in [0.15, 0.2) is 5.76 Å². The Labute approximate surface area is 139 Å². The molecule has 1 aromatic carbocycles. The molecule has 0 saturated carbocycles. The lowest BCUT2D eigenvalue weighted by molar-refractivity contribution is 0.151. The Bertz CT molecular complexity index is 970. The summed E-state index contributed by atoms with van der Waals surface area (Å²) in [6.07, 6.45) is -2.62. The number of alkyl halides is 2. The summed E-state index contributed by atoms with van der Waals surface area (Å²) in [5.74, 6) is -0.909. The van der Waals surface area contributed by atoms with Crippen LogP contribution in [0.15, 0.2) is 39.5 Å². The molecule has 0 radical (unpaired) electrons. The molecule has 5 nitrogen and oxygen atoms in total. The molecule has 0 bridgehead atoms. The molecular formula is C16H10ClF2NO4. The predicted octanol–water partition coefficient (Wildman–Crippen LogP) is 4.16. The van der Waals surface area contributed by atoms with Gasteiger partial charge in [0.25, 0.3) is 6.43 Å². The maximum Gasteiger partial charge on any atom is 0.263 e. The van der Waals surface area contributed by atoms with E-state index in [9.17, 15) is 18.7 Å². The Hall–Kier alpha value is -2.67. The Balaban J connectivity index is 2.26. The molecule has 3 aromatic rings. The number of ether oxygens (including phenoxy) is 1. The minimum absolute atomic E-state index is 0.0344. The number of pyridine rings is 1. The molecule has 2 heterocycles. The zero-order chi connectivity index (χ0) is 17.4. The third-order valence-electron chi connectivity index (χ3n) is 3.41. The number of fused-ring (bicyclic) bond motifs is 1. The minimum Gasteiger partial charge on any atom is -0.502 e. The quantitative estimate of drug-likeness (QED) is 0.716.